The zero-order chi connectivity index (χ0) is 57.0. The monoisotopic (exact) mass is 1090 g/mol. The molecule has 6 heteroatoms. The lowest BCUT2D eigenvalue weighted by molar-refractivity contribution is 1.10. The second-order valence-corrected chi connectivity index (χ2v) is 22.1. The fraction of sp³-hybridized carbons (Fsp3) is 0. The predicted molar refractivity (Wildman–Crippen MR) is 357 cm³/mol. The number of nitriles is 1. The molecule has 0 aliphatic rings. The van der Waals surface area contributed by atoms with Crippen molar-refractivity contribution in [3.05, 3.63) is 308 Å². The molecule has 4 aromatic heterocycles. The number of aromatic nitrogens is 4. The van der Waals surface area contributed by atoms with Crippen LogP contribution >= 0.6 is 0 Å². The highest BCUT2D eigenvalue weighted by Crippen LogP contribution is 2.54. The van der Waals surface area contributed by atoms with Crippen molar-refractivity contribution in [1.82, 2.24) is 18.3 Å². The maximum Gasteiger partial charge on any atom is 0.203 e. The summed E-state index contributed by atoms with van der Waals surface area (Å²) in [4.78, 5) is 4.72. The number of hydrogen-bond donors (Lipinski definition) is 0. The van der Waals surface area contributed by atoms with Crippen LogP contribution in [0.25, 0.3) is 159 Å². The van der Waals surface area contributed by atoms with Gasteiger partial charge in [0.05, 0.1) is 79.0 Å². The molecule has 0 atom stereocenters. The lowest BCUT2D eigenvalue weighted by atomic mass is 9.79. The standard InChI is InChI=1S/C80H48N6/c1-82-80-78(52-26-6-3-7-27-52)77(53-44-46-72(83-64-36-16-8-28-55(64)56-29-9-17-37-65(56)83)74(48-53)85-68-40-20-12-32-59(68)60-33-13-21-41-69(60)85)63(50-81)76(51-24-4-2-5-25-51)79(80)54-45-47-73(84-66-38-18-10-30-57(66)58-31-11-19-39-67(58)84)75(49-54)86-70-42-22-14-34-61(70)62-35-15-23-43-71(62)86/h2-49H. The fourth-order valence-corrected chi connectivity index (χ4v) is 14.1. The lowest BCUT2D eigenvalue weighted by Crippen LogP contribution is -2.06. The molecule has 0 saturated heterocycles. The summed E-state index contributed by atoms with van der Waals surface area (Å²) in [6.45, 7) is 9.66. The fourth-order valence-electron chi connectivity index (χ4n) is 14.1. The van der Waals surface area contributed by atoms with Crippen LogP contribution in [0, 0.1) is 17.9 Å². The number of fused-ring (bicyclic) bond motifs is 12. The molecule has 398 valence electrons. The Hall–Kier alpha value is -12.0. The Morgan fingerprint density at radius 2 is 0.500 bits per heavy atom. The summed E-state index contributed by atoms with van der Waals surface area (Å²) in [5, 5.41) is 21.6. The average Bonchev–Trinajstić information content (AvgIpc) is 1.43. The topological polar surface area (TPSA) is 47.9 Å². The van der Waals surface area contributed by atoms with Crippen LogP contribution in [0.1, 0.15) is 5.56 Å². The van der Waals surface area contributed by atoms with Crippen molar-refractivity contribution < 1.29 is 0 Å². The summed E-state index contributed by atoms with van der Waals surface area (Å²) in [5.74, 6) is 0. The second kappa shape index (κ2) is 19.3. The van der Waals surface area contributed by atoms with Crippen molar-refractivity contribution in [3.63, 3.8) is 0 Å². The highest BCUT2D eigenvalue weighted by molar-refractivity contribution is 6.15. The summed E-state index contributed by atoms with van der Waals surface area (Å²) in [6.07, 6.45) is 0. The van der Waals surface area contributed by atoms with Crippen LogP contribution in [0.2, 0.25) is 0 Å². The summed E-state index contributed by atoms with van der Waals surface area (Å²) in [5.41, 5.74) is 19.3. The zero-order valence-corrected chi connectivity index (χ0v) is 46.4. The van der Waals surface area contributed by atoms with E-state index in [1.807, 2.05) is 36.4 Å². The second-order valence-electron chi connectivity index (χ2n) is 22.1. The molecule has 4 heterocycles. The van der Waals surface area contributed by atoms with Crippen LogP contribution in [0.15, 0.2) is 291 Å². The molecule has 17 aromatic rings. The SMILES string of the molecule is [C-]#[N+]c1c(-c2ccccc2)c(-c2ccc(-n3c4ccccc4c4ccccc43)c(-n3c4ccccc4c4ccccc43)c2)c(C#N)c(-c2ccccc2)c1-c1ccc(-n2c3ccccc3c3ccccc32)c(-n2c3ccccc3c3ccccc32)c1. The Balaban J connectivity index is 1.02. The van der Waals surface area contributed by atoms with Gasteiger partial charge in [-0.1, -0.05) is 218 Å². The van der Waals surface area contributed by atoms with E-state index in [0.717, 1.165) is 132 Å². The molecule has 0 N–H and O–H groups in total. The van der Waals surface area contributed by atoms with E-state index < -0.39 is 0 Å². The molecule has 0 fully saturated rings. The van der Waals surface area contributed by atoms with E-state index in [1.54, 1.807) is 0 Å². The molecule has 0 aliphatic heterocycles. The van der Waals surface area contributed by atoms with Gasteiger partial charge in [0.2, 0.25) is 5.69 Å². The van der Waals surface area contributed by atoms with E-state index in [0.29, 0.717) is 33.5 Å². The molecule has 0 saturated carbocycles. The summed E-state index contributed by atoms with van der Waals surface area (Å²) >= 11 is 0. The minimum Gasteiger partial charge on any atom is -0.307 e. The maximum atomic E-state index is 12.4. The third kappa shape index (κ3) is 7.12. The minimum absolute atomic E-state index is 0.451. The van der Waals surface area contributed by atoms with Crippen LogP contribution in [0.3, 0.4) is 0 Å². The number of para-hydroxylation sites is 8. The van der Waals surface area contributed by atoms with Crippen LogP contribution in [0.5, 0.6) is 0 Å². The van der Waals surface area contributed by atoms with Crippen molar-refractivity contribution >= 4 is 92.9 Å². The Morgan fingerprint density at radius 1 is 0.256 bits per heavy atom. The minimum atomic E-state index is 0.451. The maximum absolute atomic E-state index is 12.4. The lowest BCUT2D eigenvalue weighted by Gasteiger charge is -2.25. The van der Waals surface area contributed by atoms with Gasteiger partial charge in [-0.25, -0.2) is 4.85 Å². The van der Waals surface area contributed by atoms with Gasteiger partial charge in [-0.15, -0.1) is 0 Å². The van der Waals surface area contributed by atoms with E-state index >= 15 is 0 Å². The van der Waals surface area contributed by atoms with Gasteiger partial charge in [-0.05, 0) is 117 Å². The third-order valence-electron chi connectivity index (χ3n) is 17.6. The largest absolute Gasteiger partial charge is 0.307 e. The first kappa shape index (κ1) is 48.7. The molecular weight excluding hydrogens is 1040 g/mol. The van der Waals surface area contributed by atoms with Gasteiger partial charge in [0.1, 0.15) is 6.07 Å². The molecule has 13 aromatic carbocycles. The van der Waals surface area contributed by atoms with E-state index in [9.17, 15) is 11.8 Å². The number of rotatable bonds is 8. The van der Waals surface area contributed by atoms with E-state index in [4.69, 9.17) is 4.85 Å². The Bertz CT molecular complexity index is 5170. The smallest absolute Gasteiger partial charge is 0.203 e. The van der Waals surface area contributed by atoms with Gasteiger partial charge in [0.25, 0.3) is 0 Å². The first-order valence-electron chi connectivity index (χ1n) is 29.0. The van der Waals surface area contributed by atoms with Crippen molar-refractivity contribution in [1.29, 1.82) is 5.26 Å². The highest BCUT2D eigenvalue weighted by atomic mass is 15.1. The van der Waals surface area contributed by atoms with Gasteiger partial charge in [-0.2, -0.15) is 5.26 Å². The Labute approximate surface area is 495 Å². The zero-order valence-electron chi connectivity index (χ0n) is 46.4. The quantitative estimate of drug-likeness (QED) is 0.140. The Kier molecular flexibility index (Phi) is 11.0. The molecule has 0 bridgehead atoms. The van der Waals surface area contributed by atoms with Gasteiger partial charge < -0.3 is 18.3 Å². The van der Waals surface area contributed by atoms with Crippen LogP contribution in [-0.2, 0) is 0 Å². The molecule has 0 unspecified atom stereocenters. The molecule has 0 radical (unpaired) electrons. The van der Waals surface area contributed by atoms with Crippen molar-refractivity contribution in [3.8, 4) is 73.3 Å². The molecule has 0 spiro atoms. The van der Waals surface area contributed by atoms with E-state index in [-0.39, 0.29) is 0 Å². The summed E-state index contributed by atoms with van der Waals surface area (Å²) in [7, 11) is 0. The first-order chi connectivity index (χ1) is 42.7. The molecule has 0 aliphatic carbocycles. The van der Waals surface area contributed by atoms with Gasteiger partial charge in [-0.3, -0.25) is 0 Å². The predicted octanol–water partition coefficient (Wildman–Crippen LogP) is 21.2. The Morgan fingerprint density at radius 3 is 0.802 bits per heavy atom. The van der Waals surface area contributed by atoms with Crippen molar-refractivity contribution in [2.45, 2.75) is 0 Å². The molecule has 6 nitrogen and oxygen atoms in total. The molecule has 86 heavy (non-hydrogen) atoms. The average molecular weight is 1090 g/mol. The van der Waals surface area contributed by atoms with Gasteiger partial charge in [0.15, 0.2) is 0 Å². The summed E-state index contributed by atoms with van der Waals surface area (Å²) < 4.78 is 9.55. The number of hydrogen-bond acceptors (Lipinski definition) is 1. The van der Waals surface area contributed by atoms with Crippen LogP contribution < -0.4 is 0 Å². The highest BCUT2D eigenvalue weighted by Gasteiger charge is 2.31. The van der Waals surface area contributed by atoms with E-state index in [2.05, 4.69) is 279 Å². The number of nitrogens with zero attached hydrogens (tertiary/aromatic N) is 6. The van der Waals surface area contributed by atoms with Gasteiger partial charge >= 0.3 is 0 Å². The number of benzene rings is 13. The van der Waals surface area contributed by atoms with E-state index in [1.165, 1.54) is 0 Å². The van der Waals surface area contributed by atoms with Crippen LogP contribution in [-0.4, -0.2) is 18.3 Å². The molecule has 17 rings (SSSR count). The summed E-state index contributed by atoms with van der Waals surface area (Å²) in [6, 6.07) is 106. The molecule has 0 amide bonds. The van der Waals surface area contributed by atoms with Crippen molar-refractivity contribution in [2.24, 2.45) is 0 Å². The third-order valence-corrected chi connectivity index (χ3v) is 17.6. The van der Waals surface area contributed by atoms with Crippen molar-refractivity contribution in [2.75, 3.05) is 0 Å². The van der Waals surface area contributed by atoms with Gasteiger partial charge in [0, 0.05) is 43.1 Å². The van der Waals surface area contributed by atoms with Crippen LogP contribution in [0.4, 0.5) is 5.69 Å². The normalized spacial score (nSPS) is 11.7. The first-order valence-corrected chi connectivity index (χ1v) is 29.0. The molecular formula is C80H48N6.